The van der Waals surface area contributed by atoms with Crippen LogP contribution < -0.4 is 15.3 Å². The van der Waals surface area contributed by atoms with Crippen molar-refractivity contribution in [3.8, 4) is 0 Å². The minimum Gasteiger partial charge on any atom is -0.853 e. The molecule has 0 saturated carbocycles. The van der Waals surface area contributed by atoms with Gasteiger partial charge in [0.05, 0.1) is 0 Å². The molecular weight excluding hydrogens is 369 g/mol. The third-order valence-corrected chi connectivity index (χ3v) is 0.862. The van der Waals surface area contributed by atoms with E-state index in [2.05, 4.69) is 14.2 Å². The predicted molar refractivity (Wildman–Crippen MR) is 50.2 cm³/mol. The largest absolute Gasteiger partial charge is 3.00 e. The van der Waals surface area contributed by atoms with E-state index < -0.39 is 0 Å². The van der Waals surface area contributed by atoms with Crippen LogP contribution in [0.25, 0.3) is 0 Å². The number of ether oxygens (including phenoxy) is 3. The molecule has 0 aromatic rings. The molecule has 104 valence electrons. The maximum atomic E-state index is 9.40. The average molecular weight is 390 g/mol. The van der Waals surface area contributed by atoms with Gasteiger partial charge in [0.25, 0.3) is 0 Å². The molecule has 0 saturated heterocycles. The minimum absolute atomic E-state index is 0. The van der Waals surface area contributed by atoms with Crippen LogP contribution in [-0.2, 0) is 14.2 Å². The summed E-state index contributed by atoms with van der Waals surface area (Å²) in [6, 6.07) is 0. The topological polar surface area (TPSA) is 96.9 Å². The van der Waals surface area contributed by atoms with Gasteiger partial charge in [-0.3, -0.25) is 0 Å². The summed E-state index contributed by atoms with van der Waals surface area (Å²) in [5.74, 6) is 0. The summed E-state index contributed by atoms with van der Waals surface area (Å²) in [4.78, 5) is 0. The maximum absolute atomic E-state index is 9.40. The first-order valence-electron chi connectivity index (χ1n) is 4.46. The van der Waals surface area contributed by atoms with Crippen LogP contribution in [0.2, 0.25) is 0 Å². The van der Waals surface area contributed by atoms with Gasteiger partial charge in [0.1, 0.15) is 0 Å². The molecule has 0 aliphatic carbocycles. The number of methoxy groups -OCH3 is 3. The van der Waals surface area contributed by atoms with Crippen LogP contribution in [0.15, 0.2) is 0 Å². The molecule has 0 bridgehead atoms. The Morgan fingerprint density at radius 3 is 0.812 bits per heavy atom. The van der Waals surface area contributed by atoms with Crippen molar-refractivity contribution in [3.63, 3.8) is 0 Å². The smallest absolute Gasteiger partial charge is 0.853 e. The van der Waals surface area contributed by atoms with Crippen molar-refractivity contribution in [2.75, 3.05) is 61.0 Å². The number of hydrogen-bond acceptors (Lipinski definition) is 6. The Balaban J connectivity index is -0.0000000655. The van der Waals surface area contributed by atoms with Crippen LogP contribution in [0.3, 0.4) is 0 Å². The molecule has 0 heterocycles. The predicted octanol–water partition coefficient (Wildman–Crippen LogP) is -3.02. The first kappa shape index (κ1) is 25.8. The Labute approximate surface area is 128 Å². The van der Waals surface area contributed by atoms with Gasteiger partial charge in [0, 0.05) is 41.2 Å². The number of hydrogen-bond donors (Lipinski definition) is 0. The molecule has 0 unspecified atom stereocenters. The molecule has 0 N–H and O–H groups in total. The van der Waals surface area contributed by atoms with E-state index in [1.807, 2.05) is 0 Å². The summed E-state index contributed by atoms with van der Waals surface area (Å²) in [6.07, 6.45) is 0. The van der Waals surface area contributed by atoms with E-state index in [0.717, 1.165) is 0 Å². The van der Waals surface area contributed by atoms with E-state index in [-0.39, 0.29) is 57.6 Å². The van der Waals surface area contributed by atoms with Gasteiger partial charge in [-0.1, -0.05) is 0 Å². The summed E-state index contributed by atoms with van der Waals surface area (Å²) in [5, 5.41) is 28.2. The Hall–Kier alpha value is 1.02. The van der Waals surface area contributed by atoms with Crippen molar-refractivity contribution in [2.45, 2.75) is 0 Å². The molecule has 0 spiro atoms. The van der Waals surface area contributed by atoms with Crippen molar-refractivity contribution in [3.05, 3.63) is 0 Å². The van der Waals surface area contributed by atoms with E-state index >= 15 is 0 Å². The van der Waals surface area contributed by atoms with Gasteiger partial charge in [-0.25, -0.2) is 0 Å². The van der Waals surface area contributed by atoms with Gasteiger partial charge in [0.2, 0.25) is 0 Å². The first-order chi connectivity index (χ1) is 7.24. The third kappa shape index (κ3) is 59.9. The van der Waals surface area contributed by atoms with Crippen LogP contribution >= 0.6 is 0 Å². The molecule has 0 rings (SSSR count). The van der Waals surface area contributed by atoms with Crippen molar-refractivity contribution in [1.29, 1.82) is 0 Å². The van der Waals surface area contributed by atoms with Gasteiger partial charge in [-0.05, 0) is 0 Å². The second-order valence-electron chi connectivity index (χ2n) is 2.09. The number of rotatable bonds is 6. The Morgan fingerprint density at radius 2 is 0.812 bits per heavy atom. The van der Waals surface area contributed by atoms with Crippen molar-refractivity contribution in [1.82, 2.24) is 0 Å². The van der Waals surface area contributed by atoms with Crippen molar-refractivity contribution in [2.24, 2.45) is 0 Å². The minimum atomic E-state index is -0.128. The molecule has 16 heavy (non-hydrogen) atoms. The fourth-order valence-electron chi connectivity index (χ4n) is 0.250. The Morgan fingerprint density at radius 1 is 0.625 bits per heavy atom. The van der Waals surface area contributed by atoms with E-state index in [1.54, 1.807) is 0 Å². The normalized spacial score (nSPS) is 7.88. The zero-order valence-corrected chi connectivity index (χ0v) is 11.9. The second-order valence-corrected chi connectivity index (χ2v) is 2.09. The van der Waals surface area contributed by atoms with E-state index in [9.17, 15) is 15.3 Å². The molecule has 0 fully saturated rings. The molecule has 0 aliphatic rings. The maximum Gasteiger partial charge on any atom is 3.00 e. The van der Waals surface area contributed by atoms with Gasteiger partial charge in [-0.15, -0.1) is 19.8 Å². The van der Waals surface area contributed by atoms with Gasteiger partial charge in [0.15, 0.2) is 0 Å². The summed E-state index contributed by atoms with van der Waals surface area (Å²) < 4.78 is 13.1. The van der Waals surface area contributed by atoms with Crippen LogP contribution in [0.1, 0.15) is 0 Å². The molecule has 0 aromatic heterocycles. The first-order valence-corrected chi connectivity index (χ1v) is 4.46. The quantitative estimate of drug-likeness (QED) is 0.448. The van der Waals surface area contributed by atoms with Gasteiger partial charge >= 0.3 is 37.7 Å². The monoisotopic (exact) mass is 390 g/mol. The average Bonchev–Trinajstić information content (AvgIpc) is 2.23. The fourth-order valence-corrected chi connectivity index (χ4v) is 0.250. The Bertz CT molecular complexity index is 56.8. The molecule has 0 aromatic carbocycles. The van der Waals surface area contributed by atoms with Crippen molar-refractivity contribution >= 4 is 0 Å². The molecule has 0 atom stereocenters. The van der Waals surface area contributed by atoms with Crippen LogP contribution in [0.4, 0.5) is 0 Å². The summed E-state index contributed by atoms with van der Waals surface area (Å²) >= 11 is 0. The van der Waals surface area contributed by atoms with Crippen LogP contribution in [0.5, 0.6) is 0 Å². The van der Waals surface area contributed by atoms with Gasteiger partial charge in [-0.2, -0.15) is 0 Å². The van der Waals surface area contributed by atoms with E-state index in [1.165, 1.54) is 21.3 Å². The Kier molecular flexibility index (Phi) is 58.0. The molecule has 7 heteroatoms. The summed E-state index contributed by atoms with van der Waals surface area (Å²) in [5.41, 5.74) is 0. The van der Waals surface area contributed by atoms with Gasteiger partial charge < -0.3 is 29.5 Å². The molecule has 6 nitrogen and oxygen atoms in total. The standard InChI is InChI=1S/3C3H7O2.Ho/c3*1-5-3-2-4;/h3*2-3H2,1H3;/q3*-1;+3. The molecule has 0 amide bonds. The molecule has 0 radical (unpaired) electrons. The summed E-state index contributed by atoms with van der Waals surface area (Å²) in [6.45, 7) is 0.615. The SMILES string of the molecule is COCC[O-].COCC[O-].COCC[O-].[Ho+3]. The third-order valence-electron chi connectivity index (χ3n) is 0.862. The van der Waals surface area contributed by atoms with Crippen LogP contribution in [0, 0.1) is 37.7 Å². The zero-order valence-electron chi connectivity index (χ0n) is 9.99. The molecule has 0 aliphatic heterocycles. The summed E-state index contributed by atoms with van der Waals surface area (Å²) in [7, 11) is 4.54. The van der Waals surface area contributed by atoms with E-state index in [0.29, 0.717) is 19.8 Å². The molecular formula is C9H21HoO6. The van der Waals surface area contributed by atoms with Crippen LogP contribution in [-0.4, -0.2) is 61.0 Å². The zero-order chi connectivity index (χ0) is 12.4. The fraction of sp³-hybridized carbons (Fsp3) is 1.00. The van der Waals surface area contributed by atoms with Crippen molar-refractivity contribution < 1.29 is 67.3 Å². The second kappa shape index (κ2) is 36.0. The van der Waals surface area contributed by atoms with E-state index in [4.69, 9.17) is 0 Å².